The summed E-state index contributed by atoms with van der Waals surface area (Å²) in [4.78, 5) is 19.5. The van der Waals surface area contributed by atoms with E-state index in [4.69, 9.17) is 0 Å². The van der Waals surface area contributed by atoms with Crippen LogP contribution in [0.2, 0.25) is 0 Å². The minimum absolute atomic E-state index is 0. The molecule has 0 aliphatic rings. The molecule has 1 amide bonds. The van der Waals surface area contributed by atoms with Crippen LogP contribution in [0.15, 0.2) is 0 Å². The third-order valence-corrected chi connectivity index (χ3v) is 0.482. The van der Waals surface area contributed by atoms with Gasteiger partial charge in [0, 0.05) is 6.92 Å². The first-order chi connectivity index (χ1) is 3.63. The molecule has 0 aliphatic carbocycles. The van der Waals surface area contributed by atoms with Crippen molar-refractivity contribution in [1.82, 2.24) is 5.32 Å². The first-order valence-corrected chi connectivity index (χ1v) is 2.07. The van der Waals surface area contributed by atoms with E-state index in [0.29, 0.717) is 0 Å². The van der Waals surface area contributed by atoms with Crippen molar-refractivity contribution in [3.8, 4) is 0 Å². The number of hydrogen-bond acceptors (Lipinski definition) is 3. The van der Waals surface area contributed by atoms with Crippen LogP contribution in [0.25, 0.3) is 0 Å². The van der Waals surface area contributed by atoms with Gasteiger partial charge in [-0.3, -0.25) is 4.79 Å². The molecule has 0 heterocycles. The van der Waals surface area contributed by atoms with Gasteiger partial charge < -0.3 is 15.2 Å². The van der Waals surface area contributed by atoms with Crippen LogP contribution in [0, 0.1) is 0 Å². The average molecular weight is 139 g/mol. The fourth-order valence-electron chi connectivity index (χ4n) is 0.197. The first-order valence-electron chi connectivity index (χ1n) is 2.07. The van der Waals surface area contributed by atoms with Crippen LogP contribution in [-0.4, -0.2) is 18.4 Å². The molecule has 1 N–H and O–H groups in total. The van der Waals surface area contributed by atoms with E-state index in [-0.39, 0.29) is 35.5 Å². The van der Waals surface area contributed by atoms with Gasteiger partial charge in [0.2, 0.25) is 5.91 Å². The Morgan fingerprint density at radius 3 is 2.11 bits per heavy atom. The molecule has 0 saturated carbocycles. The van der Waals surface area contributed by atoms with Crippen LogP contribution in [0.5, 0.6) is 0 Å². The van der Waals surface area contributed by atoms with E-state index in [1.165, 1.54) is 6.92 Å². The molecule has 0 rings (SSSR count). The first kappa shape index (κ1) is 11.7. The van der Waals surface area contributed by atoms with Crippen LogP contribution >= 0.6 is 0 Å². The maximum absolute atomic E-state index is 9.95. The zero-order valence-corrected chi connectivity index (χ0v) is 7.43. The number of carbonyl (C=O) groups excluding carboxylic acids is 2. The summed E-state index contributed by atoms with van der Waals surface area (Å²) >= 11 is 0. The van der Waals surface area contributed by atoms with Crippen molar-refractivity contribution >= 4 is 11.9 Å². The Bertz CT molecular complexity index is 100. The SMILES string of the molecule is CC(=O)NCC(=O)[O-].[Na+]. The van der Waals surface area contributed by atoms with E-state index >= 15 is 0 Å². The maximum Gasteiger partial charge on any atom is 1.00 e. The van der Waals surface area contributed by atoms with Crippen molar-refractivity contribution in [2.75, 3.05) is 6.54 Å². The molecule has 0 radical (unpaired) electrons. The fourth-order valence-corrected chi connectivity index (χ4v) is 0.197. The summed E-state index contributed by atoms with van der Waals surface area (Å²) in [5, 5.41) is 11.6. The van der Waals surface area contributed by atoms with E-state index in [2.05, 4.69) is 0 Å². The monoisotopic (exact) mass is 139 g/mol. The van der Waals surface area contributed by atoms with Gasteiger partial charge in [0.15, 0.2) is 0 Å². The van der Waals surface area contributed by atoms with Crippen LogP contribution in [0.4, 0.5) is 0 Å². The van der Waals surface area contributed by atoms with Gasteiger partial charge in [0.25, 0.3) is 0 Å². The second kappa shape index (κ2) is 6.07. The van der Waals surface area contributed by atoms with E-state index in [0.717, 1.165) is 0 Å². The molecule has 0 aliphatic heterocycles. The smallest absolute Gasteiger partial charge is 0.548 e. The molecular formula is C4H6NNaO3. The molecule has 9 heavy (non-hydrogen) atoms. The number of carboxylic acids is 1. The van der Waals surface area contributed by atoms with Gasteiger partial charge in [-0.1, -0.05) is 0 Å². The third-order valence-electron chi connectivity index (χ3n) is 0.482. The van der Waals surface area contributed by atoms with Gasteiger partial charge in [0.1, 0.15) is 0 Å². The van der Waals surface area contributed by atoms with Gasteiger partial charge >= 0.3 is 29.6 Å². The van der Waals surface area contributed by atoms with Crippen molar-refractivity contribution in [2.45, 2.75) is 6.92 Å². The van der Waals surface area contributed by atoms with Crippen LogP contribution in [0.3, 0.4) is 0 Å². The Morgan fingerprint density at radius 1 is 1.56 bits per heavy atom. The van der Waals surface area contributed by atoms with Crippen molar-refractivity contribution in [1.29, 1.82) is 0 Å². The molecule has 5 heteroatoms. The molecule has 0 unspecified atom stereocenters. The van der Waals surface area contributed by atoms with Crippen LogP contribution in [-0.2, 0) is 9.59 Å². The molecule has 0 fully saturated rings. The normalized spacial score (nSPS) is 7.22. The molecule has 46 valence electrons. The molecular weight excluding hydrogens is 133 g/mol. The predicted molar refractivity (Wildman–Crippen MR) is 23.7 cm³/mol. The molecule has 0 aromatic carbocycles. The van der Waals surface area contributed by atoms with Gasteiger partial charge in [-0.25, -0.2) is 0 Å². The second-order valence-electron chi connectivity index (χ2n) is 1.28. The molecule has 0 aromatic heterocycles. The summed E-state index contributed by atoms with van der Waals surface area (Å²) in [5.41, 5.74) is 0. The van der Waals surface area contributed by atoms with Gasteiger partial charge in [-0.2, -0.15) is 0 Å². The Labute approximate surface area is 74.9 Å². The summed E-state index contributed by atoms with van der Waals surface area (Å²) in [6, 6.07) is 0. The van der Waals surface area contributed by atoms with Crippen LogP contribution < -0.4 is 40.0 Å². The Morgan fingerprint density at radius 2 is 2.00 bits per heavy atom. The average Bonchev–Trinajstić information content (AvgIpc) is 1.61. The summed E-state index contributed by atoms with van der Waals surface area (Å²) in [6.45, 7) is 0.832. The van der Waals surface area contributed by atoms with Crippen LogP contribution in [0.1, 0.15) is 6.92 Å². The zero-order valence-electron chi connectivity index (χ0n) is 5.43. The van der Waals surface area contributed by atoms with E-state index in [1.54, 1.807) is 0 Å². The number of aliphatic carboxylic acids is 1. The summed E-state index contributed by atoms with van der Waals surface area (Å²) < 4.78 is 0. The Balaban J connectivity index is 0. The quantitative estimate of drug-likeness (QED) is 0.389. The van der Waals surface area contributed by atoms with E-state index in [1.807, 2.05) is 5.32 Å². The molecule has 0 aromatic rings. The Hall–Kier alpha value is -0.0600. The number of amides is 1. The zero-order chi connectivity index (χ0) is 6.57. The number of rotatable bonds is 2. The van der Waals surface area contributed by atoms with Crippen molar-refractivity contribution in [3.63, 3.8) is 0 Å². The largest absolute Gasteiger partial charge is 1.00 e. The summed E-state index contributed by atoms with van der Waals surface area (Å²) in [7, 11) is 0. The van der Waals surface area contributed by atoms with Gasteiger partial charge in [0.05, 0.1) is 12.5 Å². The van der Waals surface area contributed by atoms with Crippen molar-refractivity contribution in [3.05, 3.63) is 0 Å². The number of nitrogens with one attached hydrogen (secondary N) is 1. The Kier molecular flexibility index (Phi) is 7.89. The van der Waals surface area contributed by atoms with Gasteiger partial charge in [-0.05, 0) is 0 Å². The summed E-state index contributed by atoms with van der Waals surface area (Å²) in [5.74, 6) is -1.64. The minimum Gasteiger partial charge on any atom is -0.548 e. The predicted octanol–water partition coefficient (Wildman–Crippen LogP) is -5.12. The number of carbonyl (C=O) groups is 2. The molecule has 4 nitrogen and oxygen atoms in total. The second-order valence-corrected chi connectivity index (χ2v) is 1.28. The van der Waals surface area contributed by atoms with E-state index in [9.17, 15) is 14.7 Å². The van der Waals surface area contributed by atoms with Gasteiger partial charge in [-0.15, -0.1) is 0 Å². The standard InChI is InChI=1S/C4H7NO3.Na/c1-3(6)5-2-4(7)8;/h2H2,1H3,(H,5,6)(H,7,8);/q;+1/p-1. The van der Waals surface area contributed by atoms with Crippen molar-refractivity contribution in [2.24, 2.45) is 0 Å². The maximum atomic E-state index is 9.95. The molecule has 0 bridgehead atoms. The number of carboxylic acid groups (broad SMARTS) is 1. The summed E-state index contributed by atoms with van der Waals surface area (Å²) in [6.07, 6.45) is 0. The molecule has 0 saturated heterocycles. The molecule has 0 spiro atoms. The third kappa shape index (κ3) is 11.5. The molecule has 0 atom stereocenters. The fraction of sp³-hybridized carbons (Fsp3) is 0.500. The topological polar surface area (TPSA) is 69.2 Å². The number of hydrogen-bond donors (Lipinski definition) is 1. The van der Waals surface area contributed by atoms with E-state index < -0.39 is 12.5 Å². The van der Waals surface area contributed by atoms with Crippen molar-refractivity contribution < 1.29 is 44.3 Å². The minimum atomic E-state index is -1.28.